The predicted octanol–water partition coefficient (Wildman–Crippen LogP) is 0.479. The van der Waals surface area contributed by atoms with E-state index in [1.807, 2.05) is 18.2 Å². The number of fused-ring (bicyclic) bond motifs is 1. The van der Waals surface area contributed by atoms with Gasteiger partial charge in [0.1, 0.15) is 5.75 Å². The summed E-state index contributed by atoms with van der Waals surface area (Å²) in [5, 5.41) is 2.60. The number of methoxy groups -OCH3 is 1. The van der Waals surface area contributed by atoms with Crippen molar-refractivity contribution >= 4 is 23.9 Å². The molecule has 130 valence electrons. The van der Waals surface area contributed by atoms with Crippen molar-refractivity contribution in [1.29, 1.82) is 0 Å². The summed E-state index contributed by atoms with van der Waals surface area (Å²) < 4.78 is 5.22. The summed E-state index contributed by atoms with van der Waals surface area (Å²) in [6.07, 6.45) is 4.76. The lowest BCUT2D eigenvalue weighted by Crippen LogP contribution is -2.44. The summed E-state index contributed by atoms with van der Waals surface area (Å²) in [5.74, 6) is -0.666. The third-order valence-electron chi connectivity index (χ3n) is 4.30. The molecule has 25 heavy (non-hydrogen) atoms. The maximum atomic E-state index is 12.4. The summed E-state index contributed by atoms with van der Waals surface area (Å²) in [7, 11) is 1.63. The molecular formula is C18H19N3O4. The van der Waals surface area contributed by atoms with Crippen LogP contribution < -0.4 is 10.1 Å². The van der Waals surface area contributed by atoms with Crippen LogP contribution in [-0.4, -0.2) is 49.0 Å². The van der Waals surface area contributed by atoms with Gasteiger partial charge in [-0.2, -0.15) is 0 Å². The first-order valence-corrected chi connectivity index (χ1v) is 8.04. The number of hydrogen-bond donors (Lipinski definition) is 1. The lowest BCUT2D eigenvalue weighted by Gasteiger charge is -2.29. The highest BCUT2D eigenvalue weighted by Crippen LogP contribution is 2.23. The number of rotatable bonds is 4. The number of nitrogens with zero attached hydrogens (tertiary/aromatic N) is 2. The van der Waals surface area contributed by atoms with Crippen molar-refractivity contribution < 1.29 is 19.1 Å². The van der Waals surface area contributed by atoms with Crippen molar-refractivity contribution in [2.45, 2.75) is 13.0 Å². The van der Waals surface area contributed by atoms with Crippen LogP contribution in [0.15, 0.2) is 35.3 Å². The Morgan fingerprint density at radius 3 is 2.92 bits per heavy atom. The van der Waals surface area contributed by atoms with Gasteiger partial charge in [0.15, 0.2) is 0 Å². The molecule has 2 aliphatic rings. The highest BCUT2D eigenvalue weighted by atomic mass is 16.5. The Balaban J connectivity index is 1.54. The van der Waals surface area contributed by atoms with Gasteiger partial charge in [0.05, 0.1) is 19.6 Å². The molecule has 2 aliphatic heterocycles. The van der Waals surface area contributed by atoms with Crippen LogP contribution in [0.3, 0.4) is 0 Å². The standard InChI is InChI=1S/C18H19N3O4/c1-25-15-4-2-14-11-21(7-6-12(14)8-15)17(23)10-20-18(24)13-3-5-16(22)19-9-13/h2-5,8-9,13H,6-7,10-11H2,1H3,(H,20,24). The quantitative estimate of drug-likeness (QED) is 0.863. The van der Waals surface area contributed by atoms with E-state index in [2.05, 4.69) is 10.3 Å². The zero-order valence-electron chi connectivity index (χ0n) is 13.9. The molecule has 0 fully saturated rings. The van der Waals surface area contributed by atoms with E-state index in [0.29, 0.717) is 13.1 Å². The van der Waals surface area contributed by atoms with E-state index in [9.17, 15) is 14.4 Å². The largest absolute Gasteiger partial charge is 0.497 e. The zero-order chi connectivity index (χ0) is 17.8. The van der Waals surface area contributed by atoms with Gasteiger partial charge in [0, 0.05) is 25.4 Å². The molecule has 7 heteroatoms. The molecule has 0 bridgehead atoms. The zero-order valence-corrected chi connectivity index (χ0v) is 13.9. The van der Waals surface area contributed by atoms with Gasteiger partial charge in [-0.3, -0.25) is 14.4 Å². The van der Waals surface area contributed by atoms with Gasteiger partial charge in [-0.1, -0.05) is 12.1 Å². The summed E-state index contributed by atoms with van der Waals surface area (Å²) in [4.78, 5) is 40.6. The first-order chi connectivity index (χ1) is 12.1. The van der Waals surface area contributed by atoms with Gasteiger partial charge in [-0.25, -0.2) is 4.99 Å². The number of benzene rings is 1. The Labute approximate surface area is 145 Å². The van der Waals surface area contributed by atoms with Crippen LogP contribution in [0.1, 0.15) is 11.1 Å². The number of nitrogens with one attached hydrogen (secondary N) is 1. The highest BCUT2D eigenvalue weighted by Gasteiger charge is 2.23. The van der Waals surface area contributed by atoms with Crippen LogP contribution in [0, 0.1) is 5.92 Å². The Kier molecular flexibility index (Phi) is 4.92. The van der Waals surface area contributed by atoms with Gasteiger partial charge in [-0.05, 0) is 29.7 Å². The molecule has 0 radical (unpaired) electrons. The van der Waals surface area contributed by atoms with E-state index >= 15 is 0 Å². The fourth-order valence-corrected chi connectivity index (χ4v) is 2.85. The highest BCUT2D eigenvalue weighted by molar-refractivity contribution is 6.05. The van der Waals surface area contributed by atoms with Crippen LogP contribution >= 0.6 is 0 Å². The maximum absolute atomic E-state index is 12.4. The van der Waals surface area contributed by atoms with Crippen molar-refractivity contribution in [3.05, 3.63) is 41.5 Å². The van der Waals surface area contributed by atoms with E-state index in [4.69, 9.17) is 4.74 Å². The molecule has 1 unspecified atom stereocenters. The van der Waals surface area contributed by atoms with Gasteiger partial charge in [0.2, 0.25) is 11.8 Å². The first kappa shape index (κ1) is 16.9. The monoisotopic (exact) mass is 341 g/mol. The van der Waals surface area contributed by atoms with Crippen molar-refractivity contribution in [3.63, 3.8) is 0 Å². The Morgan fingerprint density at radius 1 is 1.36 bits per heavy atom. The Hall–Kier alpha value is -2.96. The van der Waals surface area contributed by atoms with E-state index in [1.165, 1.54) is 23.9 Å². The van der Waals surface area contributed by atoms with Crippen molar-refractivity contribution in [1.82, 2.24) is 10.2 Å². The number of hydrogen-bond acceptors (Lipinski definition) is 4. The van der Waals surface area contributed by atoms with Crippen LogP contribution in [0.25, 0.3) is 0 Å². The molecule has 3 amide bonds. The first-order valence-electron chi connectivity index (χ1n) is 8.04. The van der Waals surface area contributed by atoms with Crippen molar-refractivity contribution in [2.24, 2.45) is 10.9 Å². The number of ether oxygens (including phenoxy) is 1. The lowest BCUT2D eigenvalue weighted by atomic mass is 9.99. The molecule has 1 aromatic rings. The minimum Gasteiger partial charge on any atom is -0.497 e. The average molecular weight is 341 g/mol. The van der Waals surface area contributed by atoms with Gasteiger partial charge in [-0.15, -0.1) is 0 Å². The molecule has 0 aliphatic carbocycles. The molecular weight excluding hydrogens is 322 g/mol. The third-order valence-corrected chi connectivity index (χ3v) is 4.30. The summed E-state index contributed by atoms with van der Waals surface area (Å²) in [6.45, 7) is 1.05. The second kappa shape index (κ2) is 7.29. The Morgan fingerprint density at radius 2 is 2.20 bits per heavy atom. The summed E-state index contributed by atoms with van der Waals surface area (Å²) >= 11 is 0. The second-order valence-corrected chi connectivity index (χ2v) is 5.92. The van der Waals surface area contributed by atoms with Crippen LogP contribution in [0.2, 0.25) is 0 Å². The fraction of sp³-hybridized carbons (Fsp3) is 0.333. The summed E-state index contributed by atoms with van der Waals surface area (Å²) in [5.41, 5.74) is 2.27. The second-order valence-electron chi connectivity index (χ2n) is 5.92. The molecule has 1 aromatic carbocycles. The van der Waals surface area contributed by atoms with Crippen molar-refractivity contribution in [2.75, 3.05) is 20.2 Å². The van der Waals surface area contributed by atoms with E-state index in [0.717, 1.165) is 17.7 Å². The number of amides is 3. The van der Waals surface area contributed by atoms with Gasteiger partial charge in [0.25, 0.3) is 5.91 Å². The predicted molar refractivity (Wildman–Crippen MR) is 91.3 cm³/mol. The number of carbonyl (C=O) groups is 3. The average Bonchev–Trinajstić information content (AvgIpc) is 2.65. The molecule has 3 rings (SSSR count). The minimum absolute atomic E-state index is 0.0730. The van der Waals surface area contributed by atoms with Gasteiger partial charge >= 0.3 is 0 Å². The van der Waals surface area contributed by atoms with Gasteiger partial charge < -0.3 is 15.0 Å². The Bertz CT molecular complexity index is 754. The number of dihydropyridines is 1. The van der Waals surface area contributed by atoms with Crippen molar-refractivity contribution in [3.8, 4) is 5.75 Å². The SMILES string of the molecule is COc1ccc2c(c1)CCN(C(=O)CNC(=O)C1C=CC(=O)N=C1)C2. The smallest absolute Gasteiger partial charge is 0.269 e. The molecule has 1 N–H and O–H groups in total. The number of carbonyl (C=O) groups excluding carboxylic acids is 3. The van der Waals surface area contributed by atoms with E-state index in [-0.39, 0.29) is 24.3 Å². The normalized spacial score (nSPS) is 18.7. The molecule has 0 saturated carbocycles. The molecule has 7 nitrogen and oxygen atoms in total. The lowest BCUT2D eigenvalue weighted by molar-refractivity contribution is -0.133. The molecule has 0 saturated heterocycles. The molecule has 1 atom stereocenters. The molecule has 2 heterocycles. The minimum atomic E-state index is -0.611. The van der Waals surface area contributed by atoms with Crippen LogP contribution in [0.4, 0.5) is 0 Å². The molecule has 0 aromatic heterocycles. The number of aliphatic imine (C=N–C) groups is 1. The van der Waals surface area contributed by atoms with Crippen LogP contribution in [0.5, 0.6) is 5.75 Å². The topological polar surface area (TPSA) is 88.1 Å². The van der Waals surface area contributed by atoms with Crippen LogP contribution in [-0.2, 0) is 27.3 Å². The fourth-order valence-electron chi connectivity index (χ4n) is 2.85. The molecule has 0 spiro atoms. The third kappa shape index (κ3) is 3.93. The maximum Gasteiger partial charge on any atom is 0.269 e. The summed E-state index contributed by atoms with van der Waals surface area (Å²) in [6, 6.07) is 5.84. The van der Waals surface area contributed by atoms with E-state index in [1.54, 1.807) is 12.0 Å². The van der Waals surface area contributed by atoms with E-state index < -0.39 is 5.92 Å².